The normalized spacial score (nSPS) is 11.1. The third kappa shape index (κ3) is 2.12. The van der Waals surface area contributed by atoms with Crippen molar-refractivity contribution in [1.29, 1.82) is 0 Å². The van der Waals surface area contributed by atoms with Gasteiger partial charge in [-0.1, -0.05) is 29.8 Å². The van der Waals surface area contributed by atoms with Gasteiger partial charge in [0.25, 0.3) is 5.56 Å². The molecule has 0 aliphatic rings. The number of halogens is 1. The second-order valence-electron chi connectivity index (χ2n) is 4.95. The summed E-state index contributed by atoms with van der Waals surface area (Å²) in [6.07, 6.45) is 1.68. The van der Waals surface area contributed by atoms with Crippen molar-refractivity contribution in [3.05, 3.63) is 70.1 Å². The maximum Gasteiger partial charge on any atom is 0.259 e. The van der Waals surface area contributed by atoms with Crippen LogP contribution < -0.4 is 11.0 Å². The molecule has 0 saturated heterocycles. The summed E-state index contributed by atoms with van der Waals surface area (Å²) in [6, 6.07) is 14.9. The molecule has 0 unspecified atom stereocenters. The number of pyridine rings is 1. The zero-order valence-corrected chi connectivity index (χ0v) is 12.1. The molecule has 0 fully saturated rings. The smallest absolute Gasteiger partial charge is 0.259 e. The number of nitrogens with one attached hydrogen (secondary N) is 2. The molecule has 0 atom stereocenters. The Kier molecular flexibility index (Phi) is 2.87. The van der Waals surface area contributed by atoms with Gasteiger partial charge in [-0.3, -0.25) is 10.2 Å². The molecule has 2 N–H and O–H groups in total. The Bertz CT molecular complexity index is 1030. The predicted molar refractivity (Wildman–Crippen MR) is 88.3 cm³/mol. The van der Waals surface area contributed by atoms with E-state index in [0.29, 0.717) is 15.9 Å². The number of anilines is 1. The molecular formula is C16H11ClN4O. The Hall–Kier alpha value is -2.79. The Morgan fingerprint density at radius 3 is 2.64 bits per heavy atom. The molecule has 5 nitrogen and oxygen atoms in total. The van der Waals surface area contributed by atoms with Crippen molar-refractivity contribution < 1.29 is 0 Å². The Balaban J connectivity index is 1.86. The summed E-state index contributed by atoms with van der Waals surface area (Å²) in [6.45, 7) is 0. The molecule has 0 aliphatic carbocycles. The van der Waals surface area contributed by atoms with Crippen molar-refractivity contribution in [3.8, 4) is 0 Å². The number of hydrogen-bond donors (Lipinski definition) is 2. The summed E-state index contributed by atoms with van der Waals surface area (Å²) in [5.74, 6) is 0. The molecule has 108 valence electrons. The molecule has 6 heteroatoms. The number of rotatable bonds is 2. The number of fused-ring (bicyclic) bond motifs is 3. The molecule has 0 aliphatic heterocycles. The highest BCUT2D eigenvalue weighted by Crippen LogP contribution is 2.20. The number of aromatic nitrogens is 3. The van der Waals surface area contributed by atoms with E-state index in [-0.39, 0.29) is 5.56 Å². The number of H-pyrrole nitrogens is 1. The third-order valence-electron chi connectivity index (χ3n) is 3.48. The van der Waals surface area contributed by atoms with Crippen LogP contribution in [0.15, 0.2) is 59.5 Å². The van der Waals surface area contributed by atoms with E-state index >= 15 is 0 Å². The van der Waals surface area contributed by atoms with E-state index in [4.69, 9.17) is 11.6 Å². The number of para-hydroxylation sites is 1. The summed E-state index contributed by atoms with van der Waals surface area (Å²) in [5.41, 5.74) is 5.23. The molecule has 0 saturated carbocycles. The third-order valence-corrected chi connectivity index (χ3v) is 3.73. The molecule has 4 rings (SSSR count). The van der Waals surface area contributed by atoms with Gasteiger partial charge in [-0.05, 0) is 30.3 Å². The largest absolute Gasteiger partial charge is 0.321 e. The Morgan fingerprint density at radius 1 is 1.05 bits per heavy atom. The Labute approximate surface area is 130 Å². The summed E-state index contributed by atoms with van der Waals surface area (Å²) >= 11 is 5.87. The lowest BCUT2D eigenvalue weighted by molar-refractivity contribution is 0.817. The van der Waals surface area contributed by atoms with Crippen LogP contribution in [0.25, 0.3) is 21.8 Å². The van der Waals surface area contributed by atoms with Gasteiger partial charge in [0, 0.05) is 10.4 Å². The van der Waals surface area contributed by atoms with Gasteiger partial charge in [0.2, 0.25) is 0 Å². The van der Waals surface area contributed by atoms with E-state index < -0.39 is 0 Å². The van der Waals surface area contributed by atoms with E-state index in [1.54, 1.807) is 18.3 Å². The maximum absolute atomic E-state index is 12.1. The molecule has 2 aromatic carbocycles. The maximum atomic E-state index is 12.1. The first-order chi connectivity index (χ1) is 10.7. The highest BCUT2D eigenvalue weighted by Gasteiger charge is 2.09. The van der Waals surface area contributed by atoms with Crippen molar-refractivity contribution in [1.82, 2.24) is 14.9 Å². The van der Waals surface area contributed by atoms with Crippen LogP contribution in [-0.2, 0) is 0 Å². The Morgan fingerprint density at radius 2 is 1.82 bits per heavy atom. The molecular weight excluding hydrogens is 300 g/mol. The lowest BCUT2D eigenvalue weighted by Gasteiger charge is -2.05. The highest BCUT2D eigenvalue weighted by molar-refractivity contribution is 6.30. The van der Waals surface area contributed by atoms with E-state index in [1.807, 2.05) is 36.4 Å². The molecule has 0 radical (unpaired) electrons. The van der Waals surface area contributed by atoms with Gasteiger partial charge in [0.15, 0.2) is 0 Å². The van der Waals surface area contributed by atoms with Gasteiger partial charge < -0.3 is 4.98 Å². The van der Waals surface area contributed by atoms with Gasteiger partial charge in [-0.25, -0.2) is 0 Å². The summed E-state index contributed by atoms with van der Waals surface area (Å²) < 4.78 is 0. The van der Waals surface area contributed by atoms with E-state index in [9.17, 15) is 4.79 Å². The van der Waals surface area contributed by atoms with Crippen LogP contribution in [0.1, 0.15) is 0 Å². The van der Waals surface area contributed by atoms with Gasteiger partial charge in [0.05, 0.1) is 22.8 Å². The fourth-order valence-corrected chi connectivity index (χ4v) is 2.57. The van der Waals surface area contributed by atoms with Crippen molar-refractivity contribution in [2.75, 3.05) is 5.43 Å². The SMILES string of the molecule is O=c1[nH]c2ccccc2c2nn(Nc3ccc(Cl)cc3)cc12. The van der Waals surface area contributed by atoms with Crippen molar-refractivity contribution >= 4 is 39.1 Å². The van der Waals surface area contributed by atoms with Gasteiger partial charge in [-0.2, -0.15) is 9.89 Å². The van der Waals surface area contributed by atoms with Crippen molar-refractivity contribution in [2.45, 2.75) is 0 Å². The summed E-state index contributed by atoms with van der Waals surface area (Å²) in [5, 5.41) is 6.59. The van der Waals surface area contributed by atoms with Crippen molar-refractivity contribution in [2.24, 2.45) is 0 Å². The zero-order valence-electron chi connectivity index (χ0n) is 11.4. The standard InChI is InChI=1S/C16H11ClN4O/c17-10-5-7-11(8-6-10)19-21-9-13-15(20-21)12-3-1-2-4-14(12)18-16(13)22/h1-9,19H,(H,18,22). The van der Waals surface area contributed by atoms with E-state index in [1.165, 1.54) is 4.79 Å². The minimum absolute atomic E-state index is 0.155. The zero-order chi connectivity index (χ0) is 15.1. The van der Waals surface area contributed by atoms with Crippen LogP contribution in [0.5, 0.6) is 0 Å². The molecule has 22 heavy (non-hydrogen) atoms. The average Bonchev–Trinajstić information content (AvgIpc) is 2.94. The van der Waals surface area contributed by atoms with Crippen LogP contribution >= 0.6 is 11.6 Å². The van der Waals surface area contributed by atoms with Gasteiger partial charge in [0.1, 0.15) is 5.52 Å². The molecule has 2 heterocycles. The van der Waals surface area contributed by atoms with Gasteiger partial charge >= 0.3 is 0 Å². The van der Waals surface area contributed by atoms with E-state index in [0.717, 1.165) is 16.6 Å². The minimum Gasteiger partial charge on any atom is -0.321 e. The average molecular weight is 311 g/mol. The van der Waals surface area contributed by atoms with Crippen LogP contribution in [-0.4, -0.2) is 14.9 Å². The number of nitrogens with zero attached hydrogens (tertiary/aromatic N) is 2. The fourth-order valence-electron chi connectivity index (χ4n) is 2.44. The summed E-state index contributed by atoms with van der Waals surface area (Å²) in [4.78, 5) is 16.5. The van der Waals surface area contributed by atoms with Gasteiger partial charge in [-0.15, -0.1) is 0 Å². The van der Waals surface area contributed by atoms with Crippen LogP contribution in [0.4, 0.5) is 5.69 Å². The number of hydrogen-bond acceptors (Lipinski definition) is 3. The topological polar surface area (TPSA) is 62.7 Å². The molecule has 0 amide bonds. The summed E-state index contributed by atoms with van der Waals surface area (Å²) in [7, 11) is 0. The van der Waals surface area contributed by atoms with Crippen LogP contribution in [0.3, 0.4) is 0 Å². The minimum atomic E-state index is -0.155. The van der Waals surface area contributed by atoms with Crippen molar-refractivity contribution in [3.63, 3.8) is 0 Å². The molecule has 2 aromatic heterocycles. The quantitative estimate of drug-likeness (QED) is 0.596. The monoisotopic (exact) mass is 310 g/mol. The highest BCUT2D eigenvalue weighted by atomic mass is 35.5. The predicted octanol–water partition coefficient (Wildman–Crippen LogP) is 3.41. The lowest BCUT2D eigenvalue weighted by atomic mass is 10.2. The first kappa shape index (κ1) is 12.9. The van der Waals surface area contributed by atoms with E-state index in [2.05, 4.69) is 15.5 Å². The fraction of sp³-hybridized carbons (Fsp3) is 0. The van der Waals surface area contributed by atoms with Crippen LogP contribution in [0, 0.1) is 0 Å². The number of benzene rings is 2. The number of aromatic amines is 1. The second kappa shape index (κ2) is 4.89. The second-order valence-corrected chi connectivity index (χ2v) is 5.39. The van der Waals surface area contributed by atoms with Crippen LogP contribution in [0.2, 0.25) is 5.02 Å². The first-order valence-electron chi connectivity index (χ1n) is 6.74. The first-order valence-corrected chi connectivity index (χ1v) is 7.11. The molecule has 4 aromatic rings. The lowest BCUT2D eigenvalue weighted by Crippen LogP contribution is -2.09. The molecule has 0 bridgehead atoms. The molecule has 0 spiro atoms.